The molecule has 0 spiro atoms. The van der Waals surface area contributed by atoms with Crippen LogP contribution in [0.4, 0.5) is 0 Å². The largest absolute Gasteiger partial charge is 0.352 e. The molecule has 1 N–H and O–H groups in total. The molecule has 2 saturated carbocycles. The summed E-state index contributed by atoms with van der Waals surface area (Å²) in [6.07, 6.45) is 8.88. The average molecular weight is 345 g/mol. The number of aromatic nitrogens is 4. The first-order chi connectivity index (χ1) is 11.6. The number of hydrogen-bond acceptors (Lipinski definition) is 5. The fourth-order valence-corrected chi connectivity index (χ4v) is 5.09. The van der Waals surface area contributed by atoms with Gasteiger partial charge in [0.15, 0.2) is 0 Å². The van der Waals surface area contributed by atoms with Crippen molar-refractivity contribution in [3.8, 4) is 0 Å². The number of thioether (sulfide) groups is 1. The van der Waals surface area contributed by atoms with Crippen molar-refractivity contribution >= 4 is 23.4 Å². The van der Waals surface area contributed by atoms with E-state index in [-0.39, 0.29) is 17.2 Å². The smallest absolute Gasteiger partial charge is 0.253 e. The third kappa shape index (κ3) is 3.01. The average Bonchev–Trinajstić information content (AvgIpc) is 3.28. The summed E-state index contributed by atoms with van der Waals surface area (Å²) in [6.45, 7) is 4.07. The molecule has 6 nitrogen and oxygen atoms in total. The lowest BCUT2D eigenvalue weighted by Crippen LogP contribution is -2.43. The summed E-state index contributed by atoms with van der Waals surface area (Å²) in [6, 6.07) is 2.06. The van der Waals surface area contributed by atoms with E-state index >= 15 is 0 Å². The maximum Gasteiger partial charge on any atom is 0.253 e. The molecule has 2 bridgehead atoms. The van der Waals surface area contributed by atoms with Crippen LogP contribution in [0.1, 0.15) is 39.5 Å². The Bertz CT molecular complexity index is 714. The third-order valence-corrected chi connectivity index (χ3v) is 6.50. The topological polar surface area (TPSA) is 72.2 Å². The van der Waals surface area contributed by atoms with E-state index in [0.717, 1.165) is 11.8 Å². The van der Waals surface area contributed by atoms with Gasteiger partial charge in [-0.25, -0.2) is 9.50 Å². The molecule has 2 heterocycles. The van der Waals surface area contributed by atoms with Crippen molar-refractivity contribution in [3.63, 3.8) is 0 Å². The van der Waals surface area contributed by atoms with Gasteiger partial charge in [-0.1, -0.05) is 18.2 Å². The Kier molecular flexibility index (Phi) is 4.20. The van der Waals surface area contributed by atoms with Crippen LogP contribution in [-0.4, -0.2) is 36.8 Å². The van der Waals surface area contributed by atoms with Crippen molar-refractivity contribution in [2.75, 3.05) is 0 Å². The molecule has 7 heteroatoms. The maximum absolute atomic E-state index is 12.5. The summed E-state index contributed by atoms with van der Waals surface area (Å²) in [5.41, 5.74) is 0. The molecule has 24 heavy (non-hydrogen) atoms. The van der Waals surface area contributed by atoms with Gasteiger partial charge in [0.25, 0.3) is 5.78 Å². The van der Waals surface area contributed by atoms with E-state index in [4.69, 9.17) is 0 Å². The summed E-state index contributed by atoms with van der Waals surface area (Å²) in [4.78, 5) is 21.0. The highest BCUT2D eigenvalue weighted by molar-refractivity contribution is 8.00. The maximum atomic E-state index is 12.5. The second kappa shape index (κ2) is 6.35. The first-order valence-corrected chi connectivity index (χ1v) is 9.62. The molecule has 1 amide bonds. The van der Waals surface area contributed by atoms with Crippen LogP contribution < -0.4 is 5.32 Å². The highest BCUT2D eigenvalue weighted by Gasteiger charge is 2.42. The molecular weight excluding hydrogens is 322 g/mol. The minimum Gasteiger partial charge on any atom is -0.352 e. The van der Waals surface area contributed by atoms with Crippen LogP contribution in [-0.2, 0) is 4.79 Å². The van der Waals surface area contributed by atoms with Gasteiger partial charge in [-0.3, -0.25) is 4.79 Å². The van der Waals surface area contributed by atoms with Crippen molar-refractivity contribution < 1.29 is 4.79 Å². The number of fused-ring (bicyclic) bond motifs is 3. The molecule has 2 aliphatic carbocycles. The van der Waals surface area contributed by atoms with Gasteiger partial charge >= 0.3 is 0 Å². The Morgan fingerprint density at radius 1 is 1.38 bits per heavy atom. The van der Waals surface area contributed by atoms with Crippen molar-refractivity contribution in [2.24, 2.45) is 17.8 Å². The summed E-state index contributed by atoms with van der Waals surface area (Å²) >= 11 is 1.38. The molecule has 2 aromatic rings. The number of amides is 1. The zero-order valence-electron chi connectivity index (χ0n) is 14.1. The number of rotatable bonds is 5. The first-order valence-electron chi connectivity index (χ1n) is 8.74. The Morgan fingerprint density at radius 2 is 2.25 bits per heavy atom. The highest BCUT2D eigenvalue weighted by atomic mass is 32.2. The summed E-state index contributed by atoms with van der Waals surface area (Å²) in [5, 5.41) is 7.94. The second-order valence-corrected chi connectivity index (χ2v) is 8.46. The quantitative estimate of drug-likeness (QED) is 0.843. The Labute approximate surface area is 145 Å². The lowest BCUT2D eigenvalue weighted by Gasteiger charge is -2.29. The molecule has 2 aliphatic rings. The van der Waals surface area contributed by atoms with Crippen LogP contribution >= 0.6 is 11.8 Å². The molecule has 2 fully saturated rings. The number of carbonyl (C=O) groups is 1. The Morgan fingerprint density at radius 3 is 2.96 bits per heavy atom. The van der Waals surface area contributed by atoms with Crippen molar-refractivity contribution in [1.29, 1.82) is 0 Å². The van der Waals surface area contributed by atoms with Crippen LogP contribution in [0, 0.1) is 17.8 Å². The standard InChI is InChI=1S/C17H23N5OS/c1-10(14-9-12-4-5-13(14)8-12)19-15(23)11(2)24-17-20-16-18-6-3-7-22(16)21-17/h3,6-7,10-14H,4-5,8-9H2,1-2H3,(H,19,23). The van der Waals surface area contributed by atoms with Gasteiger partial charge in [0.1, 0.15) is 0 Å². The lowest BCUT2D eigenvalue weighted by atomic mass is 9.84. The van der Waals surface area contributed by atoms with Crippen LogP contribution in [0.15, 0.2) is 23.6 Å². The summed E-state index contributed by atoms with van der Waals surface area (Å²) in [7, 11) is 0. The third-order valence-electron chi connectivity index (χ3n) is 5.55. The second-order valence-electron chi connectivity index (χ2n) is 7.15. The van der Waals surface area contributed by atoms with Gasteiger partial charge in [0.05, 0.1) is 5.25 Å². The van der Waals surface area contributed by atoms with Crippen molar-refractivity contribution in [3.05, 3.63) is 18.5 Å². The molecule has 0 aliphatic heterocycles. The fraction of sp³-hybridized carbons (Fsp3) is 0.647. The van der Waals surface area contributed by atoms with Crippen LogP contribution in [0.25, 0.3) is 5.78 Å². The van der Waals surface area contributed by atoms with Crippen molar-refractivity contribution in [1.82, 2.24) is 24.9 Å². The molecule has 5 unspecified atom stereocenters. The minimum absolute atomic E-state index is 0.0714. The SMILES string of the molecule is CC(Sc1nc2ncccn2n1)C(=O)NC(C)C1CC2CCC1C2. The molecule has 128 valence electrons. The van der Waals surface area contributed by atoms with E-state index in [0.29, 0.717) is 16.9 Å². The number of hydrogen-bond donors (Lipinski definition) is 1. The van der Waals surface area contributed by atoms with Crippen LogP contribution in [0.2, 0.25) is 0 Å². The van der Waals surface area contributed by atoms with E-state index in [1.807, 2.05) is 13.0 Å². The predicted molar refractivity (Wildman–Crippen MR) is 92.6 cm³/mol. The fourth-order valence-electron chi connectivity index (χ4n) is 4.33. The van der Waals surface area contributed by atoms with E-state index in [9.17, 15) is 4.79 Å². The molecule has 0 radical (unpaired) electrons. The Balaban J connectivity index is 1.35. The van der Waals surface area contributed by atoms with E-state index < -0.39 is 0 Å². The van der Waals surface area contributed by atoms with Gasteiger partial charge in [-0.2, -0.15) is 4.98 Å². The zero-order valence-corrected chi connectivity index (χ0v) is 14.9. The lowest BCUT2D eigenvalue weighted by molar-refractivity contribution is -0.121. The monoisotopic (exact) mass is 345 g/mol. The van der Waals surface area contributed by atoms with Gasteiger partial charge in [-0.15, -0.1) is 5.10 Å². The summed E-state index contributed by atoms with van der Waals surface area (Å²) in [5.74, 6) is 3.01. The number of carbonyl (C=O) groups excluding carboxylic acids is 1. The molecule has 0 saturated heterocycles. The summed E-state index contributed by atoms with van der Waals surface area (Å²) < 4.78 is 1.63. The van der Waals surface area contributed by atoms with E-state index in [1.165, 1.54) is 37.4 Å². The van der Waals surface area contributed by atoms with Gasteiger partial charge in [0.2, 0.25) is 11.1 Å². The molecular formula is C17H23N5OS. The normalized spacial score (nSPS) is 28.2. The molecule has 5 atom stereocenters. The highest BCUT2D eigenvalue weighted by Crippen LogP contribution is 2.49. The zero-order chi connectivity index (χ0) is 16.7. The van der Waals surface area contributed by atoms with Crippen LogP contribution in [0.3, 0.4) is 0 Å². The molecule has 4 rings (SSSR count). The minimum atomic E-state index is -0.219. The molecule has 2 aromatic heterocycles. The Hall–Kier alpha value is -1.63. The predicted octanol–water partition coefficient (Wildman–Crippen LogP) is 2.55. The van der Waals surface area contributed by atoms with Gasteiger partial charge in [-0.05, 0) is 56.9 Å². The number of nitrogens with zero attached hydrogens (tertiary/aromatic N) is 4. The van der Waals surface area contributed by atoms with Gasteiger partial charge < -0.3 is 5.32 Å². The molecule has 0 aromatic carbocycles. The van der Waals surface area contributed by atoms with E-state index in [2.05, 4.69) is 27.3 Å². The van der Waals surface area contributed by atoms with Crippen molar-refractivity contribution in [2.45, 2.75) is 56.0 Å². The number of nitrogens with one attached hydrogen (secondary N) is 1. The van der Waals surface area contributed by atoms with Gasteiger partial charge in [0, 0.05) is 18.4 Å². The van der Waals surface area contributed by atoms with Crippen LogP contribution in [0.5, 0.6) is 0 Å². The first kappa shape index (κ1) is 15.9. The van der Waals surface area contributed by atoms with E-state index in [1.54, 1.807) is 16.9 Å².